The molecule has 1 aliphatic rings. The van der Waals surface area contributed by atoms with Crippen molar-refractivity contribution in [2.75, 3.05) is 0 Å². The van der Waals surface area contributed by atoms with Crippen LogP contribution < -0.4 is 4.57 Å². The highest BCUT2D eigenvalue weighted by Gasteiger charge is 2.26. The Morgan fingerprint density at radius 1 is 1.11 bits per heavy atom. The Kier molecular flexibility index (Phi) is 2.69. The number of hydrogen-bond donors (Lipinski definition) is 0. The number of benzene rings is 1. The number of hydrogen-bond acceptors (Lipinski definition) is 1. The van der Waals surface area contributed by atoms with Gasteiger partial charge in [-0.3, -0.25) is 4.98 Å². The van der Waals surface area contributed by atoms with Crippen LogP contribution >= 0.6 is 0 Å². The van der Waals surface area contributed by atoms with E-state index < -0.39 is 25.5 Å². The van der Waals surface area contributed by atoms with Gasteiger partial charge in [0.25, 0.3) is 0 Å². The van der Waals surface area contributed by atoms with Gasteiger partial charge in [-0.1, -0.05) is 32.9 Å². The van der Waals surface area contributed by atoms with Crippen LogP contribution in [0, 0.1) is 26.0 Å². The lowest BCUT2D eigenvalue weighted by atomic mass is 9.86. The van der Waals surface area contributed by atoms with Crippen molar-refractivity contribution in [3.63, 3.8) is 0 Å². The molecule has 0 unspecified atom stereocenters. The van der Waals surface area contributed by atoms with Crippen molar-refractivity contribution >= 4 is 0 Å². The highest BCUT2D eigenvalue weighted by Crippen LogP contribution is 2.40. The van der Waals surface area contributed by atoms with Crippen LogP contribution in [0.5, 0.6) is 0 Å². The van der Waals surface area contributed by atoms with Gasteiger partial charge in [0.1, 0.15) is 7.05 Å². The van der Waals surface area contributed by atoms with Gasteiger partial charge >= 0.3 is 0 Å². The molecule has 0 bridgehead atoms. The van der Waals surface area contributed by atoms with Gasteiger partial charge in [0, 0.05) is 45.8 Å². The molecule has 2 aromatic heterocycles. The number of pyridine rings is 2. The molecular weight excluding hydrogens is 340 g/mol. The Balaban J connectivity index is 1.90. The van der Waals surface area contributed by atoms with E-state index in [0.29, 0.717) is 12.1 Å². The first kappa shape index (κ1) is 11.5. The number of aryl methyl sites for hydroxylation is 3. The number of nitrogens with zero attached hydrogens (tertiary/aromatic N) is 2. The lowest BCUT2D eigenvalue weighted by Gasteiger charge is -2.20. The molecule has 0 saturated heterocycles. The SMILES string of the molecule is [2H]C([2H])([2H])c1ccc2c(n1)Cc1c-2ccc(-c2cc(C([2H])([2H])C(C)(C)C)c(C([2H])([2H])[2H])c[n+]2C)c1C. The minimum absolute atomic E-state index is 0.00119. The molecule has 0 saturated carbocycles. The summed E-state index contributed by atoms with van der Waals surface area (Å²) >= 11 is 0. The van der Waals surface area contributed by atoms with E-state index in [0.717, 1.165) is 33.5 Å². The molecule has 3 aromatic rings. The topological polar surface area (TPSA) is 16.8 Å². The van der Waals surface area contributed by atoms with Crippen LogP contribution in [0.1, 0.15) is 65.4 Å². The first-order chi connectivity index (χ1) is 16.3. The van der Waals surface area contributed by atoms with Crippen LogP contribution in [0.4, 0.5) is 0 Å². The van der Waals surface area contributed by atoms with Crippen LogP contribution in [-0.2, 0) is 19.8 Å². The molecule has 4 rings (SSSR count). The summed E-state index contributed by atoms with van der Waals surface area (Å²) in [5.41, 5.74) is 5.64. The minimum Gasteiger partial charge on any atom is -0.257 e. The molecule has 1 aliphatic carbocycles. The normalized spacial score (nSPS) is 18.5. The quantitative estimate of drug-likeness (QED) is 0.411. The van der Waals surface area contributed by atoms with Crippen molar-refractivity contribution < 1.29 is 15.5 Å². The second-order valence-electron chi connectivity index (χ2n) is 8.60. The summed E-state index contributed by atoms with van der Waals surface area (Å²) in [5.74, 6) is 0. The molecule has 2 nitrogen and oxygen atoms in total. The summed E-state index contributed by atoms with van der Waals surface area (Å²) in [5, 5.41) is 0. The van der Waals surface area contributed by atoms with E-state index in [9.17, 15) is 0 Å². The van der Waals surface area contributed by atoms with Crippen molar-refractivity contribution in [2.45, 2.75) is 54.2 Å². The molecule has 0 amide bonds. The average Bonchev–Trinajstić information content (AvgIpc) is 3.11. The van der Waals surface area contributed by atoms with Crippen molar-refractivity contribution in [3.8, 4) is 22.4 Å². The monoisotopic (exact) mass is 379 g/mol. The molecule has 0 radical (unpaired) electrons. The Morgan fingerprint density at radius 2 is 1.86 bits per heavy atom. The van der Waals surface area contributed by atoms with Gasteiger partial charge < -0.3 is 0 Å². The molecule has 2 heteroatoms. The van der Waals surface area contributed by atoms with Gasteiger partial charge in [-0.05, 0) is 66.8 Å². The van der Waals surface area contributed by atoms with E-state index in [4.69, 9.17) is 11.0 Å². The molecule has 0 aliphatic heterocycles. The van der Waals surface area contributed by atoms with Crippen molar-refractivity contribution in [3.05, 3.63) is 70.2 Å². The molecule has 0 fully saturated rings. The van der Waals surface area contributed by atoms with Crippen molar-refractivity contribution in [1.29, 1.82) is 0 Å². The predicted octanol–water partition coefficient (Wildman–Crippen LogP) is 5.66. The Labute approximate surface area is 180 Å². The first-order valence-electron chi connectivity index (χ1n) is 13.5. The third-order valence-corrected chi connectivity index (χ3v) is 5.27. The van der Waals surface area contributed by atoms with Crippen LogP contribution in [0.3, 0.4) is 0 Å². The third kappa shape index (κ3) is 3.26. The Morgan fingerprint density at radius 3 is 2.57 bits per heavy atom. The molecular formula is C26H31N2+. The summed E-state index contributed by atoms with van der Waals surface area (Å²) in [6.45, 7) is 2.54. The summed E-state index contributed by atoms with van der Waals surface area (Å²) in [6, 6.07) is 8.99. The predicted molar refractivity (Wildman–Crippen MR) is 116 cm³/mol. The maximum Gasteiger partial charge on any atom is 0.212 e. The highest BCUT2D eigenvalue weighted by atomic mass is 14.9. The number of fused-ring (bicyclic) bond motifs is 3. The van der Waals surface area contributed by atoms with Crippen LogP contribution in [0.15, 0.2) is 36.5 Å². The minimum atomic E-state index is -2.47. The van der Waals surface area contributed by atoms with Gasteiger partial charge in [0.05, 0.1) is 5.69 Å². The fraction of sp³-hybridized carbons (Fsp3) is 0.385. The molecule has 2 heterocycles. The van der Waals surface area contributed by atoms with E-state index in [1.165, 1.54) is 6.20 Å². The Hall–Kier alpha value is -2.48. The number of rotatable bonds is 2. The second-order valence-corrected chi connectivity index (χ2v) is 8.60. The van der Waals surface area contributed by atoms with Gasteiger partial charge in [-0.2, -0.15) is 0 Å². The van der Waals surface area contributed by atoms with E-state index in [2.05, 4.69) is 4.98 Å². The molecule has 144 valence electrons. The van der Waals surface area contributed by atoms with E-state index in [1.807, 2.05) is 25.1 Å². The zero-order chi connectivity index (χ0) is 27.0. The average molecular weight is 380 g/mol. The molecule has 0 spiro atoms. The maximum atomic E-state index is 8.86. The lowest BCUT2D eigenvalue weighted by Crippen LogP contribution is -2.32. The summed E-state index contributed by atoms with van der Waals surface area (Å²) in [6.07, 6.45) is 0.129. The van der Waals surface area contributed by atoms with Gasteiger partial charge in [-0.15, -0.1) is 0 Å². The second kappa shape index (κ2) is 6.55. The van der Waals surface area contributed by atoms with E-state index in [1.54, 1.807) is 44.5 Å². The maximum absolute atomic E-state index is 8.86. The standard InChI is InChI=1S/C26H31N2/c1-16-15-28(7)25(12-19(16)14-26(4,5)6)20-10-11-21-22-9-8-17(2)27-24(22)13-23(21)18(20)3/h8-12,15H,13-14H2,1-7H3/q+1/i1D3,2D3,14D2. The summed E-state index contributed by atoms with van der Waals surface area (Å²) in [7, 11) is 1.77. The number of aromatic nitrogens is 2. The molecule has 0 atom stereocenters. The summed E-state index contributed by atoms with van der Waals surface area (Å²) in [4.78, 5) is 4.43. The third-order valence-electron chi connectivity index (χ3n) is 5.27. The van der Waals surface area contributed by atoms with Crippen LogP contribution in [0.25, 0.3) is 22.4 Å². The van der Waals surface area contributed by atoms with E-state index >= 15 is 0 Å². The highest BCUT2D eigenvalue weighted by molar-refractivity contribution is 5.81. The van der Waals surface area contributed by atoms with Crippen LogP contribution in [-0.4, -0.2) is 4.98 Å². The van der Waals surface area contributed by atoms with Crippen LogP contribution in [0.2, 0.25) is 0 Å². The fourth-order valence-corrected chi connectivity index (χ4v) is 3.99. The zero-order valence-corrected chi connectivity index (χ0v) is 17.1. The first-order valence-corrected chi connectivity index (χ1v) is 9.52. The fourth-order valence-electron chi connectivity index (χ4n) is 3.99. The van der Waals surface area contributed by atoms with Crippen molar-refractivity contribution in [2.24, 2.45) is 12.5 Å². The summed E-state index contributed by atoms with van der Waals surface area (Å²) < 4.78 is 66.7. The van der Waals surface area contributed by atoms with Gasteiger partial charge in [0.2, 0.25) is 5.69 Å². The Bertz CT molecular complexity index is 1360. The van der Waals surface area contributed by atoms with Gasteiger partial charge in [0.15, 0.2) is 6.20 Å². The molecule has 1 aromatic carbocycles. The molecule has 0 N–H and O–H groups in total. The largest absolute Gasteiger partial charge is 0.257 e. The lowest BCUT2D eigenvalue weighted by molar-refractivity contribution is -0.660. The van der Waals surface area contributed by atoms with Crippen molar-refractivity contribution in [1.82, 2.24) is 4.98 Å². The smallest absolute Gasteiger partial charge is 0.212 e. The molecule has 28 heavy (non-hydrogen) atoms. The van der Waals surface area contributed by atoms with E-state index in [-0.39, 0.29) is 16.8 Å². The zero-order valence-electron chi connectivity index (χ0n) is 25.1. The van der Waals surface area contributed by atoms with Gasteiger partial charge in [-0.25, -0.2) is 4.57 Å².